The van der Waals surface area contributed by atoms with Crippen LogP contribution in [-0.4, -0.2) is 75.3 Å². The number of nitrogens with one attached hydrogen (secondary N) is 1. The van der Waals surface area contributed by atoms with E-state index in [0.29, 0.717) is 43.5 Å². The van der Waals surface area contributed by atoms with E-state index < -0.39 is 10.0 Å². The molecular weight excluding hydrogens is 418 g/mol. The van der Waals surface area contributed by atoms with Crippen LogP contribution in [0.1, 0.15) is 39.2 Å². The molecule has 2 aliphatic heterocycles. The lowest BCUT2D eigenvalue weighted by molar-refractivity contribution is -0.123. The number of carbonyl (C=O) groups is 1. The number of ether oxygens (including phenoxy) is 2. The maximum Gasteiger partial charge on any atom is 0.243 e. The van der Waals surface area contributed by atoms with Crippen molar-refractivity contribution < 1.29 is 22.7 Å². The average molecular weight is 454 g/mol. The molecule has 1 N–H and O–H groups in total. The quantitative estimate of drug-likeness (QED) is 0.651. The zero-order valence-corrected chi connectivity index (χ0v) is 19.8. The van der Waals surface area contributed by atoms with Crippen molar-refractivity contribution in [2.24, 2.45) is 5.92 Å². The zero-order valence-electron chi connectivity index (χ0n) is 19.0. The lowest BCUT2D eigenvalue weighted by Gasteiger charge is -2.36. The van der Waals surface area contributed by atoms with Gasteiger partial charge in [0.2, 0.25) is 15.9 Å². The van der Waals surface area contributed by atoms with Crippen LogP contribution in [0.3, 0.4) is 0 Å². The Balaban J connectivity index is 1.64. The largest absolute Gasteiger partial charge is 0.350 e. The van der Waals surface area contributed by atoms with E-state index in [1.807, 2.05) is 20.8 Å². The third-order valence-electron chi connectivity index (χ3n) is 6.31. The van der Waals surface area contributed by atoms with Crippen LogP contribution in [0.4, 0.5) is 5.69 Å². The number of aryl methyl sites for hydroxylation is 1. The molecule has 8 nitrogen and oxygen atoms in total. The van der Waals surface area contributed by atoms with Crippen molar-refractivity contribution in [1.82, 2.24) is 9.21 Å². The second kappa shape index (κ2) is 10.4. The molecule has 1 unspecified atom stereocenters. The Morgan fingerprint density at radius 3 is 2.39 bits per heavy atom. The molecule has 174 valence electrons. The fraction of sp³-hybridized carbons (Fsp3) is 0.682. The molecule has 0 aromatic heterocycles. The van der Waals surface area contributed by atoms with Gasteiger partial charge >= 0.3 is 0 Å². The van der Waals surface area contributed by atoms with Gasteiger partial charge in [0.1, 0.15) is 0 Å². The van der Waals surface area contributed by atoms with Gasteiger partial charge in [-0.2, -0.15) is 4.31 Å². The lowest BCUT2D eigenvalue weighted by atomic mass is 9.95. The number of anilines is 1. The number of amides is 1. The highest BCUT2D eigenvalue weighted by molar-refractivity contribution is 7.89. The lowest BCUT2D eigenvalue weighted by Crippen LogP contribution is -2.47. The Hall–Kier alpha value is -1.52. The summed E-state index contributed by atoms with van der Waals surface area (Å²) in [6.07, 6.45) is 1.75. The predicted octanol–water partition coefficient (Wildman–Crippen LogP) is 2.44. The van der Waals surface area contributed by atoms with Crippen molar-refractivity contribution in [3.05, 3.63) is 23.8 Å². The van der Waals surface area contributed by atoms with Gasteiger partial charge in [-0.1, -0.05) is 19.9 Å². The van der Waals surface area contributed by atoms with Crippen LogP contribution in [0.25, 0.3) is 0 Å². The molecule has 2 heterocycles. The smallest absolute Gasteiger partial charge is 0.243 e. The molecule has 0 aliphatic carbocycles. The zero-order chi connectivity index (χ0) is 22.6. The van der Waals surface area contributed by atoms with Crippen molar-refractivity contribution in [2.75, 3.05) is 44.7 Å². The summed E-state index contributed by atoms with van der Waals surface area (Å²) in [5, 5.41) is 2.91. The minimum absolute atomic E-state index is 0.106. The number of likely N-dealkylation sites (tertiary alicyclic amines) is 1. The Morgan fingerprint density at radius 1 is 1.19 bits per heavy atom. The number of benzene rings is 1. The van der Waals surface area contributed by atoms with Crippen molar-refractivity contribution in [2.45, 2.75) is 57.8 Å². The molecule has 3 rings (SSSR count). The van der Waals surface area contributed by atoms with E-state index in [1.165, 1.54) is 4.31 Å². The van der Waals surface area contributed by atoms with Gasteiger partial charge in [0.25, 0.3) is 0 Å². The van der Waals surface area contributed by atoms with Gasteiger partial charge in [-0.05, 0) is 57.5 Å². The number of hydrogen-bond acceptors (Lipinski definition) is 6. The molecule has 0 spiro atoms. The molecule has 31 heavy (non-hydrogen) atoms. The van der Waals surface area contributed by atoms with Gasteiger partial charge in [-0.25, -0.2) is 8.42 Å². The molecule has 0 saturated carbocycles. The molecule has 2 aliphatic rings. The maximum atomic E-state index is 13.0. The molecule has 9 heteroatoms. The van der Waals surface area contributed by atoms with Gasteiger partial charge in [0, 0.05) is 24.7 Å². The van der Waals surface area contributed by atoms with E-state index >= 15 is 0 Å². The van der Waals surface area contributed by atoms with E-state index in [-0.39, 0.29) is 23.1 Å². The third-order valence-corrected chi connectivity index (χ3v) is 8.50. The topological polar surface area (TPSA) is 88.2 Å². The summed E-state index contributed by atoms with van der Waals surface area (Å²) in [6.45, 7) is 11.0. The molecule has 2 saturated heterocycles. The van der Waals surface area contributed by atoms with Crippen LogP contribution in [-0.2, 0) is 24.3 Å². The Labute approximate surface area is 185 Å². The number of piperidine rings is 1. The van der Waals surface area contributed by atoms with Gasteiger partial charge in [0.05, 0.1) is 24.2 Å². The molecule has 2 fully saturated rings. The fourth-order valence-electron chi connectivity index (χ4n) is 4.30. The van der Waals surface area contributed by atoms with Crippen molar-refractivity contribution >= 4 is 21.6 Å². The van der Waals surface area contributed by atoms with E-state index in [9.17, 15) is 13.2 Å². The van der Waals surface area contributed by atoms with Crippen molar-refractivity contribution in [1.29, 1.82) is 0 Å². The predicted molar refractivity (Wildman–Crippen MR) is 119 cm³/mol. The highest BCUT2D eigenvalue weighted by Crippen LogP contribution is 2.27. The number of sulfonamides is 1. The monoisotopic (exact) mass is 453 g/mol. The van der Waals surface area contributed by atoms with E-state index in [4.69, 9.17) is 9.47 Å². The standard InChI is InChI=1S/C22H35N3O5S/c1-5-25(6-2)31(27,28)20-15-19(8-7-16(20)3)23-21(26)17(4)24-11-9-18(10-12-24)22-29-13-14-30-22/h7-8,15,17-18,22H,5-6,9-14H2,1-4H3,(H,23,26). The Kier molecular flexibility index (Phi) is 8.09. The average Bonchev–Trinajstić information content (AvgIpc) is 3.30. The van der Waals surface area contributed by atoms with E-state index in [2.05, 4.69) is 10.2 Å². The van der Waals surface area contributed by atoms with Crippen molar-refractivity contribution in [3.8, 4) is 0 Å². The summed E-state index contributed by atoms with van der Waals surface area (Å²) in [4.78, 5) is 15.3. The number of carbonyl (C=O) groups excluding carboxylic acids is 1. The van der Waals surface area contributed by atoms with Crippen LogP contribution in [0.15, 0.2) is 23.1 Å². The molecule has 1 atom stereocenters. The minimum atomic E-state index is -3.60. The van der Waals surface area contributed by atoms with Crippen LogP contribution in [0.5, 0.6) is 0 Å². The van der Waals surface area contributed by atoms with Crippen LogP contribution >= 0.6 is 0 Å². The second-order valence-corrected chi connectivity index (χ2v) is 10.1. The first-order valence-corrected chi connectivity index (χ1v) is 12.6. The Morgan fingerprint density at radius 2 is 1.81 bits per heavy atom. The van der Waals surface area contributed by atoms with E-state index in [0.717, 1.165) is 25.9 Å². The number of rotatable bonds is 8. The van der Waals surface area contributed by atoms with Gasteiger partial charge < -0.3 is 14.8 Å². The first-order chi connectivity index (χ1) is 14.8. The highest BCUT2D eigenvalue weighted by Gasteiger charge is 2.33. The van der Waals surface area contributed by atoms with Gasteiger partial charge in [-0.15, -0.1) is 0 Å². The van der Waals surface area contributed by atoms with Crippen LogP contribution in [0, 0.1) is 12.8 Å². The number of nitrogens with zero attached hydrogens (tertiary/aromatic N) is 2. The minimum Gasteiger partial charge on any atom is -0.350 e. The molecule has 0 bridgehead atoms. The van der Waals surface area contributed by atoms with Gasteiger partial charge in [0.15, 0.2) is 6.29 Å². The first kappa shape index (κ1) is 24.1. The van der Waals surface area contributed by atoms with E-state index in [1.54, 1.807) is 25.1 Å². The molecule has 1 aromatic rings. The van der Waals surface area contributed by atoms with Crippen molar-refractivity contribution in [3.63, 3.8) is 0 Å². The summed E-state index contributed by atoms with van der Waals surface area (Å²) in [7, 11) is -3.60. The SMILES string of the molecule is CCN(CC)S(=O)(=O)c1cc(NC(=O)C(C)N2CCC(C3OCCO3)CC2)ccc1C. The molecule has 0 radical (unpaired) electrons. The summed E-state index contributed by atoms with van der Waals surface area (Å²) in [5.74, 6) is 0.237. The Bertz CT molecular complexity index is 858. The molecular formula is C22H35N3O5S. The normalized spacial score (nSPS) is 20.3. The first-order valence-electron chi connectivity index (χ1n) is 11.2. The molecule has 1 amide bonds. The van der Waals surface area contributed by atoms with Crippen LogP contribution in [0.2, 0.25) is 0 Å². The number of hydrogen-bond donors (Lipinski definition) is 1. The summed E-state index contributed by atoms with van der Waals surface area (Å²) in [5.41, 5.74) is 1.16. The molecule has 1 aromatic carbocycles. The summed E-state index contributed by atoms with van der Waals surface area (Å²) in [6, 6.07) is 4.75. The fourth-order valence-corrected chi connectivity index (χ4v) is 6.01. The highest BCUT2D eigenvalue weighted by atomic mass is 32.2. The summed E-state index contributed by atoms with van der Waals surface area (Å²) < 4.78 is 38.6. The summed E-state index contributed by atoms with van der Waals surface area (Å²) >= 11 is 0. The maximum absolute atomic E-state index is 13.0. The van der Waals surface area contributed by atoms with Gasteiger partial charge in [-0.3, -0.25) is 9.69 Å². The van der Waals surface area contributed by atoms with Crippen LogP contribution < -0.4 is 5.32 Å². The second-order valence-electron chi connectivity index (χ2n) is 8.22. The third kappa shape index (κ3) is 5.46.